The second kappa shape index (κ2) is 9.15. The number of carbonyl (C=O) groups is 1. The van der Waals surface area contributed by atoms with Crippen LogP contribution in [0.25, 0.3) is 0 Å². The van der Waals surface area contributed by atoms with E-state index in [1.807, 2.05) is 31.2 Å². The quantitative estimate of drug-likeness (QED) is 0.546. The topological polar surface area (TPSA) is 74.8 Å². The van der Waals surface area contributed by atoms with Crippen molar-refractivity contribution in [2.45, 2.75) is 32.4 Å². The fourth-order valence-corrected chi connectivity index (χ4v) is 2.51. The first-order chi connectivity index (χ1) is 11.2. The standard InChI is InChI=1S/C17H26N4O2/c1-3-19-16(22)14-7-4-6-13(10-14)11-20-17(18-2)21-12-15-8-5-9-23-15/h4,6-7,10,15H,3,5,8-9,11-12H2,1-2H3,(H,19,22)(H2,18,20,21). The number of amides is 1. The Balaban J connectivity index is 1.83. The highest BCUT2D eigenvalue weighted by Crippen LogP contribution is 2.10. The molecular formula is C17H26N4O2. The summed E-state index contributed by atoms with van der Waals surface area (Å²) < 4.78 is 5.59. The van der Waals surface area contributed by atoms with Gasteiger partial charge in [-0.15, -0.1) is 0 Å². The molecule has 1 aliphatic heterocycles. The lowest BCUT2D eigenvalue weighted by atomic mass is 10.1. The van der Waals surface area contributed by atoms with Gasteiger partial charge >= 0.3 is 0 Å². The Labute approximate surface area is 137 Å². The Morgan fingerprint density at radius 3 is 2.91 bits per heavy atom. The number of aliphatic imine (C=N–C) groups is 1. The van der Waals surface area contributed by atoms with E-state index in [-0.39, 0.29) is 12.0 Å². The van der Waals surface area contributed by atoms with Crippen molar-refractivity contribution < 1.29 is 9.53 Å². The number of nitrogens with one attached hydrogen (secondary N) is 3. The van der Waals surface area contributed by atoms with Gasteiger partial charge in [-0.2, -0.15) is 0 Å². The molecule has 0 bridgehead atoms. The Bertz CT molecular complexity index is 539. The van der Waals surface area contributed by atoms with Gasteiger partial charge in [0, 0.05) is 38.9 Å². The van der Waals surface area contributed by atoms with Crippen LogP contribution in [-0.2, 0) is 11.3 Å². The van der Waals surface area contributed by atoms with E-state index < -0.39 is 0 Å². The largest absolute Gasteiger partial charge is 0.376 e. The van der Waals surface area contributed by atoms with Crippen LogP contribution in [0.1, 0.15) is 35.7 Å². The van der Waals surface area contributed by atoms with Gasteiger partial charge in [0.1, 0.15) is 0 Å². The second-order valence-electron chi connectivity index (χ2n) is 5.50. The van der Waals surface area contributed by atoms with Crippen LogP contribution >= 0.6 is 0 Å². The average Bonchev–Trinajstić information content (AvgIpc) is 3.09. The molecule has 6 heteroatoms. The maximum Gasteiger partial charge on any atom is 0.251 e. The summed E-state index contributed by atoms with van der Waals surface area (Å²) in [5, 5.41) is 9.34. The molecule has 1 aromatic carbocycles. The van der Waals surface area contributed by atoms with Gasteiger partial charge in [0.15, 0.2) is 5.96 Å². The third kappa shape index (κ3) is 5.56. The molecule has 1 saturated heterocycles. The van der Waals surface area contributed by atoms with Crippen LogP contribution in [0.5, 0.6) is 0 Å². The number of hydrogen-bond donors (Lipinski definition) is 3. The molecule has 23 heavy (non-hydrogen) atoms. The second-order valence-corrected chi connectivity index (χ2v) is 5.50. The molecule has 126 valence electrons. The first-order valence-electron chi connectivity index (χ1n) is 8.16. The number of rotatable bonds is 6. The Morgan fingerprint density at radius 1 is 1.35 bits per heavy atom. The van der Waals surface area contributed by atoms with Crippen molar-refractivity contribution in [3.63, 3.8) is 0 Å². The van der Waals surface area contributed by atoms with E-state index in [1.54, 1.807) is 7.05 Å². The third-order valence-corrected chi connectivity index (χ3v) is 3.73. The average molecular weight is 318 g/mol. The molecule has 1 fully saturated rings. The van der Waals surface area contributed by atoms with Crippen molar-refractivity contribution in [3.05, 3.63) is 35.4 Å². The monoisotopic (exact) mass is 318 g/mol. The molecule has 1 aromatic rings. The van der Waals surface area contributed by atoms with Gasteiger partial charge in [-0.3, -0.25) is 9.79 Å². The van der Waals surface area contributed by atoms with E-state index in [0.717, 1.165) is 37.5 Å². The van der Waals surface area contributed by atoms with E-state index >= 15 is 0 Å². The molecule has 1 heterocycles. The molecule has 3 N–H and O–H groups in total. The lowest BCUT2D eigenvalue weighted by molar-refractivity contribution is 0.0955. The first-order valence-corrected chi connectivity index (χ1v) is 8.16. The van der Waals surface area contributed by atoms with Crippen LogP contribution in [0.2, 0.25) is 0 Å². The number of ether oxygens (including phenoxy) is 1. The summed E-state index contributed by atoms with van der Waals surface area (Å²) in [5.41, 5.74) is 1.71. The smallest absolute Gasteiger partial charge is 0.251 e. The van der Waals surface area contributed by atoms with Crippen molar-refractivity contribution in [1.29, 1.82) is 0 Å². The van der Waals surface area contributed by atoms with E-state index in [9.17, 15) is 4.79 Å². The van der Waals surface area contributed by atoms with Gasteiger partial charge in [0.25, 0.3) is 5.91 Å². The maximum atomic E-state index is 11.9. The molecule has 6 nitrogen and oxygen atoms in total. The highest BCUT2D eigenvalue weighted by Gasteiger charge is 2.15. The summed E-state index contributed by atoms with van der Waals surface area (Å²) in [6, 6.07) is 7.59. The highest BCUT2D eigenvalue weighted by molar-refractivity contribution is 5.94. The van der Waals surface area contributed by atoms with E-state index in [1.165, 1.54) is 0 Å². The fourth-order valence-electron chi connectivity index (χ4n) is 2.51. The predicted octanol–water partition coefficient (Wildman–Crippen LogP) is 1.28. The van der Waals surface area contributed by atoms with Crippen molar-refractivity contribution in [3.8, 4) is 0 Å². The lowest BCUT2D eigenvalue weighted by Crippen LogP contribution is -2.40. The van der Waals surface area contributed by atoms with Gasteiger partial charge < -0.3 is 20.7 Å². The minimum absolute atomic E-state index is 0.0461. The summed E-state index contributed by atoms with van der Waals surface area (Å²) in [6.07, 6.45) is 2.50. The molecule has 0 saturated carbocycles. The predicted molar refractivity (Wildman–Crippen MR) is 91.6 cm³/mol. The molecule has 0 aliphatic carbocycles. The third-order valence-electron chi connectivity index (χ3n) is 3.73. The summed E-state index contributed by atoms with van der Waals surface area (Å²) in [5.74, 6) is 0.694. The number of carbonyl (C=O) groups excluding carboxylic acids is 1. The minimum atomic E-state index is -0.0461. The summed E-state index contributed by atoms with van der Waals surface area (Å²) in [6.45, 7) is 4.76. The molecule has 0 radical (unpaired) electrons. The van der Waals surface area contributed by atoms with Crippen LogP contribution < -0.4 is 16.0 Å². The van der Waals surface area contributed by atoms with Crippen molar-refractivity contribution in [2.75, 3.05) is 26.7 Å². The zero-order valence-electron chi connectivity index (χ0n) is 13.9. The van der Waals surface area contributed by atoms with Crippen LogP contribution in [0, 0.1) is 0 Å². The maximum absolute atomic E-state index is 11.9. The number of hydrogen-bond acceptors (Lipinski definition) is 3. The Morgan fingerprint density at radius 2 is 2.22 bits per heavy atom. The van der Waals surface area contributed by atoms with E-state index in [0.29, 0.717) is 18.7 Å². The van der Waals surface area contributed by atoms with Gasteiger partial charge in [0.2, 0.25) is 0 Å². The molecule has 1 amide bonds. The molecule has 1 atom stereocenters. The van der Waals surface area contributed by atoms with Crippen LogP contribution in [0.15, 0.2) is 29.3 Å². The zero-order valence-corrected chi connectivity index (χ0v) is 13.9. The number of benzene rings is 1. The van der Waals surface area contributed by atoms with Gasteiger partial charge in [-0.1, -0.05) is 12.1 Å². The van der Waals surface area contributed by atoms with E-state index in [4.69, 9.17) is 4.74 Å². The van der Waals surface area contributed by atoms with Gasteiger partial charge in [0.05, 0.1) is 6.10 Å². The molecule has 2 rings (SSSR count). The normalized spacial score (nSPS) is 17.8. The SMILES string of the molecule is CCNC(=O)c1cccc(CNC(=NC)NCC2CCCO2)c1. The van der Waals surface area contributed by atoms with E-state index in [2.05, 4.69) is 20.9 Å². The van der Waals surface area contributed by atoms with Crippen LogP contribution in [0.3, 0.4) is 0 Å². The minimum Gasteiger partial charge on any atom is -0.376 e. The van der Waals surface area contributed by atoms with Crippen LogP contribution in [-0.4, -0.2) is 44.7 Å². The van der Waals surface area contributed by atoms with Crippen molar-refractivity contribution >= 4 is 11.9 Å². The van der Waals surface area contributed by atoms with Gasteiger partial charge in [-0.05, 0) is 37.5 Å². The Kier molecular flexibility index (Phi) is 6.87. The molecule has 0 spiro atoms. The van der Waals surface area contributed by atoms with Crippen molar-refractivity contribution in [2.24, 2.45) is 4.99 Å². The highest BCUT2D eigenvalue weighted by atomic mass is 16.5. The number of nitrogens with zero attached hydrogens (tertiary/aromatic N) is 1. The fraction of sp³-hybridized carbons (Fsp3) is 0.529. The lowest BCUT2D eigenvalue weighted by Gasteiger charge is -2.15. The number of guanidine groups is 1. The van der Waals surface area contributed by atoms with Crippen molar-refractivity contribution in [1.82, 2.24) is 16.0 Å². The molecular weight excluding hydrogens is 292 g/mol. The summed E-state index contributed by atoms with van der Waals surface area (Å²) >= 11 is 0. The molecule has 0 aromatic heterocycles. The molecule has 1 aliphatic rings. The first kappa shape index (κ1) is 17.3. The van der Waals surface area contributed by atoms with Gasteiger partial charge in [-0.25, -0.2) is 0 Å². The Hall–Kier alpha value is -2.08. The van der Waals surface area contributed by atoms with Crippen LogP contribution in [0.4, 0.5) is 0 Å². The molecule has 1 unspecified atom stereocenters. The summed E-state index contributed by atoms with van der Waals surface area (Å²) in [4.78, 5) is 16.1. The summed E-state index contributed by atoms with van der Waals surface area (Å²) in [7, 11) is 1.75. The zero-order chi connectivity index (χ0) is 16.5.